The molecule has 19 heavy (non-hydrogen) atoms. The molecule has 1 aromatic heterocycles. The monoisotopic (exact) mass is 278 g/mol. The third-order valence-corrected chi connectivity index (χ3v) is 5.91. The van der Waals surface area contributed by atoms with Gasteiger partial charge in [0.1, 0.15) is 11.8 Å². The molecule has 0 aromatic carbocycles. The molecule has 2 unspecified atom stereocenters. The van der Waals surface area contributed by atoms with Crippen molar-refractivity contribution in [2.45, 2.75) is 43.6 Å². The van der Waals surface area contributed by atoms with Crippen molar-refractivity contribution >= 4 is 9.84 Å². The SMILES string of the molecule is CC1CCCC(S(=O)(=O)Cc2cccnc2C#N)C1. The lowest BCUT2D eigenvalue weighted by molar-refractivity contribution is 0.382. The van der Waals surface area contributed by atoms with E-state index in [0.29, 0.717) is 11.5 Å². The molecule has 0 aliphatic heterocycles. The average Bonchev–Trinajstić information content (AvgIpc) is 2.39. The molecule has 1 aromatic rings. The second kappa shape index (κ2) is 5.70. The second-order valence-electron chi connectivity index (χ2n) is 5.32. The molecule has 5 heteroatoms. The smallest absolute Gasteiger partial charge is 0.157 e. The van der Waals surface area contributed by atoms with Gasteiger partial charge in [-0.2, -0.15) is 5.26 Å². The van der Waals surface area contributed by atoms with Crippen molar-refractivity contribution in [2.75, 3.05) is 0 Å². The highest BCUT2D eigenvalue weighted by Gasteiger charge is 2.30. The fraction of sp³-hybridized carbons (Fsp3) is 0.571. The van der Waals surface area contributed by atoms with E-state index < -0.39 is 9.84 Å². The first-order valence-electron chi connectivity index (χ1n) is 6.58. The Balaban J connectivity index is 2.19. The summed E-state index contributed by atoms with van der Waals surface area (Å²) in [6, 6.07) is 5.31. The minimum atomic E-state index is -3.19. The number of nitrogens with zero attached hydrogens (tertiary/aromatic N) is 2. The Morgan fingerprint density at radius 2 is 2.26 bits per heavy atom. The van der Waals surface area contributed by atoms with Crippen LogP contribution in [0, 0.1) is 17.2 Å². The molecule has 2 rings (SSSR count). The summed E-state index contributed by atoms with van der Waals surface area (Å²) in [5.74, 6) is 0.402. The molecule has 1 aliphatic rings. The van der Waals surface area contributed by atoms with Crippen LogP contribution < -0.4 is 0 Å². The molecular formula is C14H18N2O2S. The summed E-state index contributed by atoms with van der Waals surface area (Å²) in [4.78, 5) is 3.92. The van der Waals surface area contributed by atoms with Crippen molar-refractivity contribution in [3.8, 4) is 6.07 Å². The summed E-state index contributed by atoms with van der Waals surface area (Å²) >= 11 is 0. The number of hydrogen-bond donors (Lipinski definition) is 0. The van der Waals surface area contributed by atoms with Crippen LogP contribution in [-0.4, -0.2) is 18.7 Å². The number of sulfone groups is 1. The zero-order valence-electron chi connectivity index (χ0n) is 11.0. The summed E-state index contributed by atoms with van der Waals surface area (Å²) < 4.78 is 24.9. The first kappa shape index (κ1) is 14.0. The summed E-state index contributed by atoms with van der Waals surface area (Å²) in [6.45, 7) is 2.10. The van der Waals surface area contributed by atoms with Crippen molar-refractivity contribution in [3.05, 3.63) is 29.6 Å². The predicted molar refractivity (Wildman–Crippen MR) is 73.0 cm³/mol. The fourth-order valence-electron chi connectivity index (χ4n) is 2.69. The quantitative estimate of drug-likeness (QED) is 0.851. The lowest BCUT2D eigenvalue weighted by Crippen LogP contribution is -2.28. The Kier molecular flexibility index (Phi) is 4.20. The van der Waals surface area contributed by atoms with E-state index >= 15 is 0 Å². The summed E-state index contributed by atoms with van der Waals surface area (Å²) in [5.41, 5.74) is 0.734. The van der Waals surface area contributed by atoms with E-state index in [9.17, 15) is 8.42 Å². The number of aromatic nitrogens is 1. The van der Waals surface area contributed by atoms with Gasteiger partial charge < -0.3 is 0 Å². The van der Waals surface area contributed by atoms with E-state index in [-0.39, 0.29) is 16.7 Å². The maximum Gasteiger partial charge on any atom is 0.157 e. The van der Waals surface area contributed by atoms with Gasteiger partial charge >= 0.3 is 0 Å². The first-order valence-corrected chi connectivity index (χ1v) is 8.30. The number of rotatable bonds is 3. The third-order valence-electron chi connectivity index (χ3n) is 3.75. The number of nitriles is 1. The molecule has 1 aliphatic carbocycles. The maximum atomic E-state index is 12.4. The van der Waals surface area contributed by atoms with Crippen LogP contribution in [-0.2, 0) is 15.6 Å². The molecule has 0 radical (unpaired) electrons. The molecule has 0 bridgehead atoms. The third kappa shape index (κ3) is 3.32. The number of hydrogen-bond acceptors (Lipinski definition) is 4. The van der Waals surface area contributed by atoms with Crippen LogP contribution in [0.1, 0.15) is 43.9 Å². The van der Waals surface area contributed by atoms with E-state index in [4.69, 9.17) is 5.26 Å². The number of pyridine rings is 1. The molecule has 0 spiro atoms. The normalized spacial score (nSPS) is 23.8. The maximum absolute atomic E-state index is 12.4. The molecule has 4 nitrogen and oxygen atoms in total. The van der Waals surface area contributed by atoms with Gasteiger partial charge in [-0.05, 0) is 24.8 Å². The van der Waals surface area contributed by atoms with Gasteiger partial charge in [0.15, 0.2) is 9.84 Å². The Labute approximate surface area is 114 Å². The van der Waals surface area contributed by atoms with E-state index in [1.165, 1.54) is 6.20 Å². The molecule has 0 N–H and O–H groups in total. The first-order chi connectivity index (χ1) is 9.03. The van der Waals surface area contributed by atoms with Crippen LogP contribution in [0.25, 0.3) is 0 Å². The lowest BCUT2D eigenvalue weighted by atomic mass is 9.91. The predicted octanol–water partition coefficient (Wildman–Crippen LogP) is 2.45. The van der Waals surface area contributed by atoms with Gasteiger partial charge in [0.05, 0.1) is 11.0 Å². The molecule has 102 valence electrons. The van der Waals surface area contributed by atoms with Gasteiger partial charge in [-0.15, -0.1) is 0 Å². The highest BCUT2D eigenvalue weighted by Crippen LogP contribution is 2.30. The van der Waals surface area contributed by atoms with Gasteiger partial charge in [0, 0.05) is 11.8 Å². The van der Waals surface area contributed by atoms with Crippen LogP contribution in [0.15, 0.2) is 18.3 Å². The standard InChI is InChI=1S/C14H18N2O2S/c1-11-4-2-6-13(8-11)19(17,18)10-12-5-3-7-16-14(12)9-15/h3,5,7,11,13H,2,4,6,8,10H2,1H3. The zero-order valence-corrected chi connectivity index (χ0v) is 11.9. The van der Waals surface area contributed by atoms with Crippen molar-refractivity contribution in [1.29, 1.82) is 5.26 Å². The molecule has 1 heterocycles. The van der Waals surface area contributed by atoms with Crippen LogP contribution in [0.4, 0.5) is 0 Å². The van der Waals surface area contributed by atoms with Crippen LogP contribution in [0.2, 0.25) is 0 Å². The summed E-state index contributed by atoms with van der Waals surface area (Å²) in [7, 11) is -3.19. The van der Waals surface area contributed by atoms with Gasteiger partial charge in [-0.1, -0.05) is 25.8 Å². The van der Waals surface area contributed by atoms with Gasteiger partial charge in [0.25, 0.3) is 0 Å². The van der Waals surface area contributed by atoms with Crippen molar-refractivity contribution in [3.63, 3.8) is 0 Å². The minimum absolute atomic E-state index is 0.0683. The van der Waals surface area contributed by atoms with Gasteiger partial charge in [0.2, 0.25) is 0 Å². The van der Waals surface area contributed by atoms with E-state index in [0.717, 1.165) is 25.7 Å². The van der Waals surface area contributed by atoms with Gasteiger partial charge in [-0.25, -0.2) is 13.4 Å². The highest BCUT2D eigenvalue weighted by molar-refractivity contribution is 7.91. The Morgan fingerprint density at radius 1 is 1.47 bits per heavy atom. The van der Waals surface area contributed by atoms with E-state index in [1.54, 1.807) is 12.1 Å². The van der Waals surface area contributed by atoms with Crippen molar-refractivity contribution in [2.24, 2.45) is 5.92 Å². The summed E-state index contributed by atoms with van der Waals surface area (Å²) in [6.07, 6.45) is 5.09. The lowest BCUT2D eigenvalue weighted by Gasteiger charge is -2.26. The minimum Gasteiger partial charge on any atom is -0.245 e. The highest BCUT2D eigenvalue weighted by atomic mass is 32.2. The fourth-order valence-corrected chi connectivity index (χ4v) is 4.74. The summed E-state index contributed by atoms with van der Waals surface area (Å²) in [5, 5.41) is 8.70. The molecule has 2 atom stereocenters. The van der Waals surface area contributed by atoms with Crippen molar-refractivity contribution in [1.82, 2.24) is 4.98 Å². The average molecular weight is 278 g/mol. The molecule has 1 saturated carbocycles. The Bertz CT molecular complexity index is 590. The van der Waals surface area contributed by atoms with Crippen molar-refractivity contribution < 1.29 is 8.42 Å². The Morgan fingerprint density at radius 3 is 2.95 bits per heavy atom. The zero-order chi connectivity index (χ0) is 13.9. The van der Waals surface area contributed by atoms with Crippen LogP contribution >= 0.6 is 0 Å². The second-order valence-corrected chi connectivity index (χ2v) is 7.60. The molecule has 0 saturated heterocycles. The van der Waals surface area contributed by atoms with E-state index in [2.05, 4.69) is 11.9 Å². The van der Waals surface area contributed by atoms with Crippen LogP contribution in [0.3, 0.4) is 0 Å². The molecule has 1 fully saturated rings. The van der Waals surface area contributed by atoms with Crippen LogP contribution in [0.5, 0.6) is 0 Å². The Hall–Kier alpha value is -1.41. The van der Waals surface area contributed by atoms with Gasteiger partial charge in [-0.3, -0.25) is 0 Å². The topological polar surface area (TPSA) is 70.8 Å². The van der Waals surface area contributed by atoms with E-state index in [1.807, 2.05) is 6.07 Å². The molecule has 0 amide bonds. The largest absolute Gasteiger partial charge is 0.245 e. The molecular weight excluding hydrogens is 260 g/mol.